The van der Waals surface area contributed by atoms with Crippen LogP contribution in [0.25, 0.3) is 0 Å². The molecule has 0 spiro atoms. The van der Waals surface area contributed by atoms with Crippen molar-refractivity contribution in [2.24, 2.45) is 4.99 Å². The Morgan fingerprint density at radius 3 is 2.03 bits per heavy atom. The number of amides is 1. The normalized spacial score (nSPS) is 13.8. The smallest absolute Gasteiger partial charge is 0.408 e. The zero-order chi connectivity index (χ0) is 22.7. The molecule has 2 rings (SSSR count). The lowest BCUT2D eigenvalue weighted by Gasteiger charge is -2.25. The molecule has 0 aliphatic rings. The van der Waals surface area contributed by atoms with Gasteiger partial charge in [-0.15, -0.1) is 0 Å². The predicted molar refractivity (Wildman–Crippen MR) is 124 cm³/mol. The molecule has 168 valence electrons. The van der Waals surface area contributed by atoms with Crippen LogP contribution in [0.3, 0.4) is 0 Å². The molecule has 0 bridgehead atoms. The number of benzene rings is 2. The maximum atomic E-state index is 12.3. The number of aliphatic hydroxyl groups is 1. The number of aliphatic hydroxyl groups excluding tert-OH is 1. The minimum atomic E-state index is -0.576. The molecular weight excluding hydrogens is 392 g/mol. The van der Waals surface area contributed by atoms with Gasteiger partial charge in [-0.3, -0.25) is 4.99 Å². The molecule has 0 heterocycles. The van der Waals surface area contributed by atoms with Gasteiger partial charge in [0.25, 0.3) is 0 Å². The Balaban J connectivity index is 1.99. The maximum Gasteiger partial charge on any atom is 0.408 e. The molecule has 2 aromatic rings. The molecule has 1 amide bonds. The molecule has 0 saturated carbocycles. The molecule has 31 heavy (non-hydrogen) atoms. The summed E-state index contributed by atoms with van der Waals surface area (Å²) in [5.41, 5.74) is 1.43. The molecular formula is C24H34N4O3. The molecule has 7 heteroatoms. The van der Waals surface area contributed by atoms with Crippen LogP contribution in [-0.4, -0.2) is 49.5 Å². The van der Waals surface area contributed by atoms with Crippen LogP contribution in [0.4, 0.5) is 4.79 Å². The van der Waals surface area contributed by atoms with Gasteiger partial charge in [0.1, 0.15) is 5.60 Å². The Kier molecular flexibility index (Phi) is 9.34. The van der Waals surface area contributed by atoms with Crippen LogP contribution in [0.1, 0.15) is 43.9 Å². The molecule has 2 aromatic carbocycles. The standard InChI is InChI=1S/C24H34N4O3/c1-24(2,3)31-23(30)28-21(19-13-9-6-10-14-19)16-27-22(25-4)26-15-20(17-29)18-11-7-5-8-12-18/h5-14,20-21,29H,15-17H2,1-4H3,(H,28,30)(H2,25,26,27). The van der Waals surface area contributed by atoms with E-state index in [2.05, 4.69) is 20.9 Å². The van der Waals surface area contributed by atoms with E-state index in [1.807, 2.05) is 81.4 Å². The molecule has 2 unspecified atom stereocenters. The summed E-state index contributed by atoms with van der Waals surface area (Å²) in [7, 11) is 1.69. The molecule has 0 aromatic heterocycles. The highest BCUT2D eigenvalue weighted by molar-refractivity contribution is 5.79. The number of aliphatic imine (C=N–C) groups is 1. The highest BCUT2D eigenvalue weighted by atomic mass is 16.6. The Bertz CT molecular complexity index is 820. The first-order valence-corrected chi connectivity index (χ1v) is 10.5. The van der Waals surface area contributed by atoms with Crippen molar-refractivity contribution in [2.75, 3.05) is 26.7 Å². The molecule has 7 nitrogen and oxygen atoms in total. The van der Waals surface area contributed by atoms with E-state index in [1.165, 1.54) is 0 Å². The Morgan fingerprint density at radius 2 is 1.52 bits per heavy atom. The zero-order valence-corrected chi connectivity index (χ0v) is 18.8. The Labute approximate surface area is 184 Å². The lowest BCUT2D eigenvalue weighted by atomic mass is 10.0. The van der Waals surface area contributed by atoms with E-state index in [9.17, 15) is 9.90 Å². The van der Waals surface area contributed by atoms with E-state index in [1.54, 1.807) is 7.05 Å². The van der Waals surface area contributed by atoms with Crippen molar-refractivity contribution in [3.63, 3.8) is 0 Å². The Hall–Kier alpha value is -3.06. The third kappa shape index (κ3) is 8.68. The minimum absolute atomic E-state index is 0.0286. The number of rotatable bonds is 8. The predicted octanol–water partition coefficient (Wildman–Crippen LogP) is 3.19. The number of guanidine groups is 1. The van der Waals surface area contributed by atoms with Gasteiger partial charge < -0.3 is 25.8 Å². The monoisotopic (exact) mass is 426 g/mol. The van der Waals surface area contributed by atoms with Crippen molar-refractivity contribution in [2.45, 2.75) is 38.3 Å². The van der Waals surface area contributed by atoms with Crippen LogP contribution in [0.5, 0.6) is 0 Å². The van der Waals surface area contributed by atoms with Crippen LogP contribution in [0.2, 0.25) is 0 Å². The number of alkyl carbamates (subject to hydrolysis) is 1. The highest BCUT2D eigenvalue weighted by Gasteiger charge is 2.21. The number of nitrogens with zero attached hydrogens (tertiary/aromatic N) is 1. The largest absolute Gasteiger partial charge is 0.444 e. The topological polar surface area (TPSA) is 95.0 Å². The second kappa shape index (κ2) is 12.0. The van der Waals surface area contributed by atoms with Gasteiger partial charge in [-0.25, -0.2) is 4.79 Å². The van der Waals surface area contributed by atoms with Gasteiger partial charge in [-0.1, -0.05) is 60.7 Å². The first-order chi connectivity index (χ1) is 14.8. The average molecular weight is 427 g/mol. The summed E-state index contributed by atoms with van der Waals surface area (Å²) in [5.74, 6) is 0.533. The Morgan fingerprint density at radius 1 is 0.968 bits per heavy atom. The molecule has 0 aliphatic heterocycles. The van der Waals surface area contributed by atoms with Gasteiger partial charge in [0, 0.05) is 26.1 Å². The number of hydrogen-bond acceptors (Lipinski definition) is 4. The van der Waals surface area contributed by atoms with Crippen LogP contribution < -0.4 is 16.0 Å². The lowest BCUT2D eigenvalue weighted by molar-refractivity contribution is 0.0504. The van der Waals surface area contributed by atoms with E-state index < -0.39 is 11.7 Å². The summed E-state index contributed by atoms with van der Waals surface area (Å²) >= 11 is 0. The summed E-state index contributed by atoms with van der Waals surface area (Å²) in [6.45, 7) is 6.46. The van der Waals surface area contributed by atoms with Gasteiger partial charge in [0.15, 0.2) is 5.96 Å². The van der Waals surface area contributed by atoms with Crippen molar-refractivity contribution < 1.29 is 14.6 Å². The second-order valence-corrected chi connectivity index (χ2v) is 8.23. The molecule has 0 radical (unpaired) electrons. The summed E-state index contributed by atoms with van der Waals surface area (Å²) in [6, 6.07) is 19.2. The maximum absolute atomic E-state index is 12.3. The van der Waals surface area contributed by atoms with E-state index >= 15 is 0 Å². The van der Waals surface area contributed by atoms with Crippen molar-refractivity contribution in [3.8, 4) is 0 Å². The number of hydrogen-bond donors (Lipinski definition) is 4. The van der Waals surface area contributed by atoms with Gasteiger partial charge in [-0.05, 0) is 31.9 Å². The fourth-order valence-electron chi connectivity index (χ4n) is 3.04. The summed E-state index contributed by atoms with van der Waals surface area (Å²) in [5, 5.41) is 19.2. The number of nitrogens with one attached hydrogen (secondary N) is 3. The number of carbonyl (C=O) groups is 1. The molecule has 0 fully saturated rings. The van der Waals surface area contributed by atoms with Crippen LogP contribution in [0.15, 0.2) is 65.7 Å². The number of ether oxygens (including phenoxy) is 1. The van der Waals surface area contributed by atoms with Crippen molar-refractivity contribution in [1.82, 2.24) is 16.0 Å². The minimum Gasteiger partial charge on any atom is -0.444 e. The van der Waals surface area contributed by atoms with Gasteiger partial charge in [0.2, 0.25) is 0 Å². The third-order valence-corrected chi connectivity index (χ3v) is 4.60. The second-order valence-electron chi connectivity index (χ2n) is 8.23. The van der Waals surface area contributed by atoms with Crippen molar-refractivity contribution >= 4 is 12.1 Å². The fraction of sp³-hybridized carbons (Fsp3) is 0.417. The SMILES string of the molecule is CN=C(NCC(CO)c1ccccc1)NCC(NC(=O)OC(C)(C)C)c1ccccc1. The van der Waals surface area contributed by atoms with Gasteiger partial charge in [0.05, 0.1) is 12.6 Å². The van der Waals surface area contributed by atoms with Crippen LogP contribution >= 0.6 is 0 Å². The van der Waals surface area contributed by atoms with E-state index in [-0.39, 0.29) is 18.6 Å². The van der Waals surface area contributed by atoms with E-state index in [0.29, 0.717) is 19.0 Å². The third-order valence-electron chi connectivity index (χ3n) is 4.60. The van der Waals surface area contributed by atoms with Crippen molar-refractivity contribution in [1.29, 1.82) is 0 Å². The summed E-state index contributed by atoms with van der Waals surface area (Å²) in [6.07, 6.45) is -0.476. The van der Waals surface area contributed by atoms with E-state index in [0.717, 1.165) is 11.1 Å². The van der Waals surface area contributed by atoms with E-state index in [4.69, 9.17) is 4.74 Å². The quantitative estimate of drug-likeness (QED) is 0.384. The zero-order valence-electron chi connectivity index (χ0n) is 18.8. The van der Waals surface area contributed by atoms with Crippen LogP contribution in [0, 0.1) is 0 Å². The van der Waals surface area contributed by atoms with Gasteiger partial charge >= 0.3 is 6.09 Å². The molecule has 2 atom stereocenters. The van der Waals surface area contributed by atoms with Crippen molar-refractivity contribution in [3.05, 3.63) is 71.8 Å². The first-order valence-electron chi connectivity index (χ1n) is 10.5. The summed E-state index contributed by atoms with van der Waals surface area (Å²) < 4.78 is 5.41. The van der Waals surface area contributed by atoms with Gasteiger partial charge in [-0.2, -0.15) is 0 Å². The lowest BCUT2D eigenvalue weighted by Crippen LogP contribution is -2.45. The molecule has 0 saturated heterocycles. The highest BCUT2D eigenvalue weighted by Crippen LogP contribution is 2.15. The fourth-order valence-corrected chi connectivity index (χ4v) is 3.04. The summed E-state index contributed by atoms with van der Waals surface area (Å²) in [4.78, 5) is 16.6. The average Bonchev–Trinajstić information content (AvgIpc) is 2.75. The molecule has 4 N–H and O–H groups in total. The van der Waals surface area contributed by atoms with Crippen LogP contribution in [-0.2, 0) is 4.74 Å². The first kappa shape index (κ1) is 24.2. The molecule has 0 aliphatic carbocycles. The number of carbonyl (C=O) groups excluding carboxylic acids is 1.